The van der Waals surface area contributed by atoms with E-state index >= 15 is 0 Å². The summed E-state index contributed by atoms with van der Waals surface area (Å²) in [5, 5.41) is 0.472. The number of benzene rings is 2. The first-order valence-electron chi connectivity index (χ1n) is 6.44. The van der Waals surface area contributed by atoms with Crippen LogP contribution in [-0.4, -0.2) is 6.79 Å². The summed E-state index contributed by atoms with van der Waals surface area (Å²) >= 11 is 0. The van der Waals surface area contributed by atoms with Crippen molar-refractivity contribution in [2.24, 2.45) is 0 Å². The predicted octanol–water partition coefficient (Wildman–Crippen LogP) is 2.77. The van der Waals surface area contributed by atoms with Gasteiger partial charge < -0.3 is 19.6 Å². The van der Waals surface area contributed by atoms with Gasteiger partial charge in [-0.05, 0) is 36.4 Å². The number of rotatable bonds is 1. The van der Waals surface area contributed by atoms with Gasteiger partial charge in [0, 0.05) is 17.3 Å². The summed E-state index contributed by atoms with van der Waals surface area (Å²) in [5.41, 5.74) is 7.36. The van der Waals surface area contributed by atoms with E-state index in [1.54, 1.807) is 30.3 Å². The predicted molar refractivity (Wildman–Crippen MR) is 78.5 cm³/mol. The van der Waals surface area contributed by atoms with E-state index in [2.05, 4.69) is 0 Å². The minimum Gasteiger partial charge on any atom is -0.456 e. The Balaban J connectivity index is 1.91. The first-order valence-corrected chi connectivity index (χ1v) is 6.44. The Kier molecular flexibility index (Phi) is 2.41. The summed E-state index contributed by atoms with van der Waals surface area (Å²) in [6.07, 6.45) is 0. The van der Waals surface area contributed by atoms with Crippen LogP contribution in [0.25, 0.3) is 22.3 Å². The normalized spacial score (nSPS) is 12.8. The third-order valence-corrected chi connectivity index (χ3v) is 3.41. The summed E-state index contributed by atoms with van der Waals surface area (Å²) in [7, 11) is 0. The maximum Gasteiger partial charge on any atom is 0.231 e. The van der Waals surface area contributed by atoms with Crippen LogP contribution in [0, 0.1) is 0 Å². The van der Waals surface area contributed by atoms with E-state index in [4.69, 9.17) is 19.6 Å². The molecule has 0 saturated carbocycles. The lowest BCUT2D eigenvalue weighted by Gasteiger charge is -2.05. The Bertz CT molecular complexity index is 914. The zero-order chi connectivity index (χ0) is 14.4. The third kappa shape index (κ3) is 1.90. The lowest BCUT2D eigenvalue weighted by molar-refractivity contribution is 0.174. The van der Waals surface area contributed by atoms with Gasteiger partial charge in [-0.2, -0.15) is 0 Å². The molecule has 0 unspecified atom stereocenters. The topological polar surface area (TPSA) is 74.7 Å². The minimum absolute atomic E-state index is 0.129. The Labute approximate surface area is 119 Å². The van der Waals surface area contributed by atoms with Crippen molar-refractivity contribution < 1.29 is 13.9 Å². The molecule has 3 aromatic rings. The van der Waals surface area contributed by atoms with Crippen LogP contribution in [0.1, 0.15) is 0 Å². The number of ether oxygens (including phenoxy) is 2. The van der Waals surface area contributed by atoms with Gasteiger partial charge in [-0.1, -0.05) is 0 Å². The molecule has 104 valence electrons. The average molecular weight is 281 g/mol. The van der Waals surface area contributed by atoms with Crippen LogP contribution in [0.15, 0.2) is 51.7 Å². The summed E-state index contributed by atoms with van der Waals surface area (Å²) < 4.78 is 16.4. The summed E-state index contributed by atoms with van der Waals surface area (Å²) in [6, 6.07) is 11.9. The van der Waals surface area contributed by atoms with Crippen molar-refractivity contribution in [1.82, 2.24) is 0 Å². The molecule has 5 nitrogen and oxygen atoms in total. The zero-order valence-corrected chi connectivity index (χ0v) is 11.0. The highest BCUT2D eigenvalue weighted by molar-refractivity contribution is 5.82. The fourth-order valence-corrected chi connectivity index (χ4v) is 2.37. The average Bonchev–Trinajstić information content (AvgIpc) is 2.95. The summed E-state index contributed by atoms with van der Waals surface area (Å²) in [5.74, 6) is 1.82. The van der Waals surface area contributed by atoms with Crippen molar-refractivity contribution in [3.05, 3.63) is 52.7 Å². The van der Waals surface area contributed by atoms with Crippen LogP contribution in [0.3, 0.4) is 0 Å². The van der Waals surface area contributed by atoms with Crippen molar-refractivity contribution >= 4 is 16.7 Å². The van der Waals surface area contributed by atoms with Crippen LogP contribution >= 0.6 is 0 Å². The number of anilines is 1. The smallest absolute Gasteiger partial charge is 0.231 e. The van der Waals surface area contributed by atoms with Crippen molar-refractivity contribution in [3.63, 3.8) is 0 Å². The lowest BCUT2D eigenvalue weighted by atomic mass is 10.1. The molecule has 0 radical (unpaired) electrons. The minimum atomic E-state index is -0.129. The van der Waals surface area contributed by atoms with Crippen LogP contribution in [0.2, 0.25) is 0 Å². The number of hydrogen-bond donors (Lipinski definition) is 1. The van der Waals surface area contributed by atoms with Crippen LogP contribution in [0.5, 0.6) is 11.5 Å². The van der Waals surface area contributed by atoms with Gasteiger partial charge in [0.2, 0.25) is 6.79 Å². The molecule has 0 spiro atoms. The number of fused-ring (bicyclic) bond motifs is 2. The zero-order valence-electron chi connectivity index (χ0n) is 11.0. The third-order valence-electron chi connectivity index (χ3n) is 3.41. The highest BCUT2D eigenvalue weighted by Crippen LogP contribution is 2.36. The quantitative estimate of drug-likeness (QED) is 0.694. The largest absolute Gasteiger partial charge is 0.456 e. The van der Waals surface area contributed by atoms with Crippen molar-refractivity contribution in [3.8, 4) is 22.8 Å². The van der Waals surface area contributed by atoms with Crippen molar-refractivity contribution in [1.29, 1.82) is 0 Å². The first kappa shape index (κ1) is 11.8. The molecule has 4 rings (SSSR count). The van der Waals surface area contributed by atoms with E-state index in [0.717, 1.165) is 5.56 Å². The van der Waals surface area contributed by atoms with Gasteiger partial charge in [-0.15, -0.1) is 0 Å². The fourth-order valence-electron chi connectivity index (χ4n) is 2.37. The molecule has 21 heavy (non-hydrogen) atoms. The molecule has 0 atom stereocenters. The molecule has 2 N–H and O–H groups in total. The van der Waals surface area contributed by atoms with Gasteiger partial charge in [0.15, 0.2) is 16.9 Å². The maximum atomic E-state index is 12.2. The Morgan fingerprint density at radius 2 is 1.81 bits per heavy atom. The monoisotopic (exact) mass is 281 g/mol. The molecule has 0 fully saturated rings. The van der Waals surface area contributed by atoms with E-state index in [0.29, 0.717) is 33.9 Å². The van der Waals surface area contributed by atoms with E-state index in [1.807, 2.05) is 6.07 Å². The van der Waals surface area contributed by atoms with Gasteiger partial charge in [0.05, 0.1) is 5.39 Å². The second-order valence-corrected chi connectivity index (χ2v) is 4.80. The second kappa shape index (κ2) is 4.28. The van der Waals surface area contributed by atoms with E-state index in [-0.39, 0.29) is 12.2 Å². The van der Waals surface area contributed by atoms with Crippen molar-refractivity contribution in [2.75, 3.05) is 12.5 Å². The first-order chi connectivity index (χ1) is 10.2. The lowest BCUT2D eigenvalue weighted by Crippen LogP contribution is -2.01. The molecule has 0 saturated heterocycles. The van der Waals surface area contributed by atoms with Crippen LogP contribution in [0.4, 0.5) is 5.69 Å². The van der Waals surface area contributed by atoms with Gasteiger partial charge in [-0.3, -0.25) is 4.79 Å². The van der Waals surface area contributed by atoms with Gasteiger partial charge in [0.25, 0.3) is 0 Å². The van der Waals surface area contributed by atoms with E-state index in [9.17, 15) is 4.79 Å². The molecule has 2 aromatic carbocycles. The standard InChI is InChI=1S/C16H11NO4/c17-10-2-4-13-11(6-10)12(18)7-15(21-13)9-1-3-14-16(5-9)20-8-19-14/h1-7H,8,17H2. The van der Waals surface area contributed by atoms with Crippen LogP contribution in [-0.2, 0) is 0 Å². The molecule has 2 heterocycles. The van der Waals surface area contributed by atoms with E-state index < -0.39 is 0 Å². The highest BCUT2D eigenvalue weighted by atomic mass is 16.7. The molecular weight excluding hydrogens is 270 g/mol. The molecule has 0 aliphatic carbocycles. The Morgan fingerprint density at radius 3 is 2.71 bits per heavy atom. The van der Waals surface area contributed by atoms with Crippen molar-refractivity contribution in [2.45, 2.75) is 0 Å². The number of nitrogen functional groups attached to an aromatic ring is 1. The molecule has 1 aromatic heterocycles. The second-order valence-electron chi connectivity index (χ2n) is 4.80. The maximum absolute atomic E-state index is 12.2. The molecule has 5 heteroatoms. The number of nitrogens with two attached hydrogens (primary N) is 1. The molecule has 0 amide bonds. The van der Waals surface area contributed by atoms with Gasteiger partial charge >= 0.3 is 0 Å². The van der Waals surface area contributed by atoms with E-state index in [1.165, 1.54) is 6.07 Å². The highest BCUT2D eigenvalue weighted by Gasteiger charge is 2.15. The van der Waals surface area contributed by atoms with Gasteiger partial charge in [0.1, 0.15) is 11.3 Å². The Hall–Kier alpha value is -2.95. The summed E-state index contributed by atoms with van der Waals surface area (Å²) in [6.45, 7) is 0.208. The number of hydrogen-bond acceptors (Lipinski definition) is 5. The molecule has 1 aliphatic heterocycles. The fraction of sp³-hybridized carbons (Fsp3) is 0.0625. The molecular formula is C16H11NO4. The Morgan fingerprint density at radius 1 is 0.952 bits per heavy atom. The molecule has 1 aliphatic rings. The SMILES string of the molecule is Nc1ccc2oc(-c3ccc4c(c3)OCO4)cc(=O)c2c1. The molecule has 0 bridgehead atoms. The summed E-state index contributed by atoms with van der Waals surface area (Å²) in [4.78, 5) is 12.2. The van der Waals surface area contributed by atoms with Crippen LogP contribution < -0.4 is 20.6 Å². The van der Waals surface area contributed by atoms with Gasteiger partial charge in [-0.25, -0.2) is 0 Å².